The largest absolute Gasteiger partial charge is 0.420 e. The van der Waals surface area contributed by atoms with Crippen LogP contribution in [0, 0.1) is 0 Å². The van der Waals surface area contributed by atoms with E-state index in [9.17, 15) is 18.0 Å². The fraction of sp³-hybridized carbons (Fsp3) is 0.400. The van der Waals surface area contributed by atoms with Crippen LogP contribution in [0.3, 0.4) is 0 Å². The molecule has 2 aromatic rings. The van der Waals surface area contributed by atoms with Gasteiger partial charge in [-0.25, -0.2) is 13.9 Å². The van der Waals surface area contributed by atoms with Gasteiger partial charge >= 0.3 is 11.9 Å². The van der Waals surface area contributed by atoms with Gasteiger partial charge in [-0.15, -0.1) is 5.10 Å². The van der Waals surface area contributed by atoms with Crippen molar-refractivity contribution in [2.75, 3.05) is 0 Å². The van der Waals surface area contributed by atoms with E-state index < -0.39 is 17.4 Å². The minimum absolute atomic E-state index is 0.288. The van der Waals surface area contributed by atoms with Crippen LogP contribution in [0.2, 0.25) is 0 Å². The molecule has 0 saturated heterocycles. The highest BCUT2D eigenvalue weighted by Crippen LogP contribution is 2.31. The Kier molecular flexibility index (Phi) is 2.48. The maximum atomic E-state index is 12.7. The molecule has 0 unspecified atom stereocenters. The van der Waals surface area contributed by atoms with Crippen LogP contribution in [0.25, 0.3) is 5.65 Å². The Hall–Kier alpha value is -1.79. The van der Waals surface area contributed by atoms with Gasteiger partial charge in [0.1, 0.15) is 5.56 Å². The molecule has 7 heteroatoms. The summed E-state index contributed by atoms with van der Waals surface area (Å²) < 4.78 is 40.0. The van der Waals surface area contributed by atoms with Crippen LogP contribution in [-0.2, 0) is 6.18 Å². The fourth-order valence-corrected chi connectivity index (χ4v) is 1.57. The minimum atomic E-state index is -4.52. The topological polar surface area (TPSA) is 39.3 Å². The van der Waals surface area contributed by atoms with Gasteiger partial charge in [-0.2, -0.15) is 13.2 Å². The van der Waals surface area contributed by atoms with Crippen molar-refractivity contribution < 1.29 is 13.2 Å². The number of rotatable bonds is 1. The van der Waals surface area contributed by atoms with E-state index in [1.165, 1.54) is 12.3 Å². The van der Waals surface area contributed by atoms with E-state index in [4.69, 9.17) is 0 Å². The molecule has 0 atom stereocenters. The van der Waals surface area contributed by atoms with E-state index in [0.717, 1.165) is 15.1 Å². The first-order valence-electron chi connectivity index (χ1n) is 4.99. The SMILES string of the molecule is CC(C)n1nc2c(C(F)(F)F)cccn2c1=O. The molecule has 0 amide bonds. The second kappa shape index (κ2) is 3.61. The molecule has 0 aliphatic rings. The molecule has 0 bridgehead atoms. The van der Waals surface area contributed by atoms with Crippen molar-refractivity contribution in [3.63, 3.8) is 0 Å². The number of alkyl halides is 3. The number of fused-ring (bicyclic) bond motifs is 1. The Morgan fingerprint density at radius 1 is 1.35 bits per heavy atom. The Morgan fingerprint density at radius 2 is 2.00 bits per heavy atom. The molecule has 17 heavy (non-hydrogen) atoms. The summed E-state index contributed by atoms with van der Waals surface area (Å²) in [4.78, 5) is 11.7. The molecule has 0 saturated carbocycles. The summed E-state index contributed by atoms with van der Waals surface area (Å²) in [5.41, 5.74) is -1.84. The lowest BCUT2D eigenvalue weighted by atomic mass is 10.2. The van der Waals surface area contributed by atoms with Crippen molar-refractivity contribution >= 4 is 5.65 Å². The molecule has 4 nitrogen and oxygen atoms in total. The van der Waals surface area contributed by atoms with Crippen molar-refractivity contribution in [3.05, 3.63) is 34.4 Å². The Bertz CT molecular complexity index is 609. The molecular formula is C10H10F3N3O. The summed E-state index contributed by atoms with van der Waals surface area (Å²) in [6.07, 6.45) is -3.24. The lowest BCUT2D eigenvalue weighted by Crippen LogP contribution is -2.22. The van der Waals surface area contributed by atoms with E-state index in [0.29, 0.717) is 0 Å². The summed E-state index contributed by atoms with van der Waals surface area (Å²) >= 11 is 0. The van der Waals surface area contributed by atoms with E-state index >= 15 is 0 Å². The van der Waals surface area contributed by atoms with Gasteiger partial charge < -0.3 is 0 Å². The van der Waals surface area contributed by atoms with Crippen molar-refractivity contribution in [2.45, 2.75) is 26.1 Å². The van der Waals surface area contributed by atoms with Gasteiger partial charge in [0.15, 0.2) is 5.65 Å². The molecule has 0 aliphatic heterocycles. The highest BCUT2D eigenvalue weighted by molar-refractivity contribution is 5.48. The van der Waals surface area contributed by atoms with Gasteiger partial charge in [-0.3, -0.25) is 0 Å². The van der Waals surface area contributed by atoms with E-state index in [-0.39, 0.29) is 11.7 Å². The molecule has 0 fully saturated rings. The van der Waals surface area contributed by atoms with Crippen LogP contribution in [0.15, 0.2) is 23.1 Å². The predicted octanol–water partition coefficient (Wildman–Crippen LogP) is 2.10. The Morgan fingerprint density at radius 3 is 2.53 bits per heavy atom. The second-order valence-electron chi connectivity index (χ2n) is 3.93. The zero-order valence-electron chi connectivity index (χ0n) is 9.19. The summed E-state index contributed by atoms with van der Waals surface area (Å²) in [5, 5.41) is 3.73. The summed E-state index contributed by atoms with van der Waals surface area (Å²) in [6, 6.07) is 1.80. The molecule has 2 aromatic heterocycles. The Balaban J connectivity index is 2.83. The molecule has 0 N–H and O–H groups in total. The van der Waals surface area contributed by atoms with Crippen LogP contribution < -0.4 is 5.69 Å². The lowest BCUT2D eigenvalue weighted by molar-refractivity contribution is -0.136. The van der Waals surface area contributed by atoms with Gasteiger partial charge in [0.25, 0.3) is 0 Å². The minimum Gasteiger partial charge on any atom is -0.250 e. The first-order chi connectivity index (χ1) is 7.82. The third-order valence-corrected chi connectivity index (χ3v) is 2.37. The fourth-order valence-electron chi connectivity index (χ4n) is 1.57. The zero-order chi connectivity index (χ0) is 12.8. The number of hydrogen-bond donors (Lipinski definition) is 0. The van der Waals surface area contributed by atoms with Gasteiger partial charge in [-0.05, 0) is 26.0 Å². The summed E-state index contributed by atoms with van der Waals surface area (Å²) in [5.74, 6) is 0. The van der Waals surface area contributed by atoms with Crippen molar-refractivity contribution in [3.8, 4) is 0 Å². The Labute approximate surface area is 94.3 Å². The third kappa shape index (κ3) is 1.81. The van der Waals surface area contributed by atoms with Crippen LogP contribution >= 0.6 is 0 Å². The maximum Gasteiger partial charge on any atom is 0.420 e. The smallest absolute Gasteiger partial charge is 0.250 e. The molecule has 2 heterocycles. The van der Waals surface area contributed by atoms with Crippen LogP contribution in [0.1, 0.15) is 25.5 Å². The summed E-state index contributed by atoms with van der Waals surface area (Å²) in [6.45, 7) is 3.36. The van der Waals surface area contributed by atoms with Gasteiger partial charge in [0.2, 0.25) is 0 Å². The van der Waals surface area contributed by atoms with E-state index in [1.807, 2.05) is 0 Å². The first-order valence-corrected chi connectivity index (χ1v) is 4.99. The average molecular weight is 245 g/mol. The number of nitrogens with zero attached hydrogens (tertiary/aromatic N) is 3. The van der Waals surface area contributed by atoms with E-state index in [2.05, 4.69) is 5.10 Å². The van der Waals surface area contributed by atoms with Crippen LogP contribution in [0.5, 0.6) is 0 Å². The number of halogens is 3. The molecule has 0 aromatic carbocycles. The van der Waals surface area contributed by atoms with E-state index in [1.54, 1.807) is 13.8 Å². The van der Waals surface area contributed by atoms with Crippen molar-refractivity contribution in [1.82, 2.24) is 14.2 Å². The summed E-state index contributed by atoms with van der Waals surface area (Å²) in [7, 11) is 0. The molecule has 0 aliphatic carbocycles. The number of pyridine rings is 1. The van der Waals surface area contributed by atoms with Crippen LogP contribution in [0.4, 0.5) is 13.2 Å². The number of hydrogen-bond acceptors (Lipinski definition) is 2. The number of aromatic nitrogens is 3. The molecule has 2 rings (SSSR count). The normalized spacial score (nSPS) is 12.6. The molecular weight excluding hydrogens is 235 g/mol. The third-order valence-electron chi connectivity index (χ3n) is 2.37. The predicted molar refractivity (Wildman–Crippen MR) is 54.8 cm³/mol. The second-order valence-corrected chi connectivity index (χ2v) is 3.93. The zero-order valence-corrected chi connectivity index (χ0v) is 9.19. The first kappa shape index (κ1) is 11.7. The van der Waals surface area contributed by atoms with Crippen molar-refractivity contribution in [1.29, 1.82) is 0 Å². The monoisotopic (exact) mass is 245 g/mol. The highest BCUT2D eigenvalue weighted by Gasteiger charge is 2.34. The van der Waals surface area contributed by atoms with Gasteiger partial charge in [0, 0.05) is 6.20 Å². The molecule has 0 spiro atoms. The van der Waals surface area contributed by atoms with Crippen molar-refractivity contribution in [2.24, 2.45) is 0 Å². The highest BCUT2D eigenvalue weighted by atomic mass is 19.4. The maximum absolute atomic E-state index is 12.7. The quantitative estimate of drug-likeness (QED) is 0.771. The van der Waals surface area contributed by atoms with Gasteiger partial charge in [-0.1, -0.05) is 0 Å². The van der Waals surface area contributed by atoms with Crippen LogP contribution in [-0.4, -0.2) is 14.2 Å². The average Bonchev–Trinajstić information content (AvgIpc) is 2.55. The lowest BCUT2D eigenvalue weighted by Gasteiger charge is -2.06. The van der Waals surface area contributed by atoms with Gasteiger partial charge in [0.05, 0.1) is 6.04 Å². The molecule has 92 valence electrons. The molecule has 0 radical (unpaired) electrons. The standard InChI is InChI=1S/C10H10F3N3O/c1-6(2)16-9(17)15-5-3-4-7(8(15)14-16)10(11,12)13/h3-6H,1-2H3.